The van der Waals surface area contributed by atoms with E-state index in [1.165, 1.54) is 27.1 Å². The van der Waals surface area contributed by atoms with Gasteiger partial charge >= 0.3 is 6.18 Å². The summed E-state index contributed by atoms with van der Waals surface area (Å²) in [5.74, 6) is -0.148. The summed E-state index contributed by atoms with van der Waals surface area (Å²) in [5, 5.41) is 0. The van der Waals surface area contributed by atoms with Crippen LogP contribution in [0.4, 0.5) is 13.2 Å². The molecule has 2 fully saturated rings. The predicted octanol–water partition coefficient (Wildman–Crippen LogP) is 4.56. The smallest absolute Gasteiger partial charge is 0.416 e. The molecule has 1 saturated heterocycles. The number of carbonyl (C=O) groups excluding carboxylic acids is 1. The highest BCUT2D eigenvalue weighted by molar-refractivity contribution is 6.01. The second-order valence-electron chi connectivity index (χ2n) is 7.38. The average molecular weight is 385 g/mol. The summed E-state index contributed by atoms with van der Waals surface area (Å²) >= 11 is 0. The van der Waals surface area contributed by atoms with E-state index in [2.05, 4.69) is 4.90 Å². The van der Waals surface area contributed by atoms with Crippen molar-refractivity contribution in [2.45, 2.75) is 50.7 Å². The number of methoxy groups -OCH3 is 2. The average Bonchev–Trinajstić information content (AvgIpc) is 3.30. The zero-order chi connectivity index (χ0) is 19.6. The van der Waals surface area contributed by atoms with E-state index in [1.54, 1.807) is 0 Å². The van der Waals surface area contributed by atoms with Crippen LogP contribution in [0, 0.1) is 5.92 Å². The first-order chi connectivity index (χ1) is 12.8. The van der Waals surface area contributed by atoms with E-state index in [0.29, 0.717) is 12.5 Å². The molecule has 27 heavy (non-hydrogen) atoms. The Labute approximate surface area is 157 Å². The normalized spacial score (nSPS) is 23.6. The molecule has 0 aromatic heterocycles. The van der Waals surface area contributed by atoms with Crippen molar-refractivity contribution in [2.24, 2.45) is 5.92 Å². The summed E-state index contributed by atoms with van der Waals surface area (Å²) in [6.45, 7) is 2.14. The van der Waals surface area contributed by atoms with Gasteiger partial charge < -0.3 is 14.4 Å². The highest BCUT2D eigenvalue weighted by Crippen LogP contribution is 2.41. The molecule has 7 heteroatoms. The van der Waals surface area contributed by atoms with Crippen molar-refractivity contribution in [3.63, 3.8) is 0 Å². The summed E-state index contributed by atoms with van der Waals surface area (Å²) in [4.78, 5) is 15.5. The maximum absolute atomic E-state index is 13.1. The molecule has 1 aromatic carbocycles. The van der Waals surface area contributed by atoms with E-state index < -0.39 is 11.7 Å². The Bertz CT molecular complexity index is 659. The molecule has 1 aliphatic heterocycles. The van der Waals surface area contributed by atoms with Crippen LogP contribution in [-0.4, -0.2) is 44.0 Å². The molecule has 1 aromatic rings. The van der Waals surface area contributed by atoms with Crippen LogP contribution in [0.3, 0.4) is 0 Å². The third-order valence-electron chi connectivity index (χ3n) is 5.79. The van der Waals surface area contributed by atoms with Crippen molar-refractivity contribution >= 4 is 5.78 Å². The molecule has 0 bridgehead atoms. The minimum Gasteiger partial charge on any atom is -0.496 e. The maximum Gasteiger partial charge on any atom is 0.416 e. The summed E-state index contributed by atoms with van der Waals surface area (Å²) in [6.07, 6.45) is 1.29. The van der Waals surface area contributed by atoms with Crippen molar-refractivity contribution in [1.29, 1.82) is 0 Å². The topological polar surface area (TPSA) is 38.8 Å². The minimum absolute atomic E-state index is 0.0811. The number of ketones is 1. The van der Waals surface area contributed by atoms with Crippen LogP contribution in [0.5, 0.6) is 11.5 Å². The molecule has 0 spiro atoms. The van der Waals surface area contributed by atoms with Gasteiger partial charge in [0.25, 0.3) is 0 Å². The van der Waals surface area contributed by atoms with Gasteiger partial charge in [0.05, 0.1) is 19.8 Å². The Hall–Kier alpha value is -1.76. The van der Waals surface area contributed by atoms with E-state index in [1.807, 2.05) is 0 Å². The van der Waals surface area contributed by atoms with Gasteiger partial charge in [-0.2, -0.15) is 13.2 Å². The Morgan fingerprint density at radius 1 is 1.07 bits per heavy atom. The van der Waals surface area contributed by atoms with Crippen molar-refractivity contribution in [3.8, 4) is 11.5 Å². The standard InChI is InChI=1S/C20H26F3NO3/c1-26-17-11-14(20(21,22)23)12-18(27-2)19(17)16(25)10-13-6-5-7-15(13)24-8-3-4-9-24/h11-13,15H,3-10H2,1-2H3/t13-,15-/m1/s1. The Morgan fingerprint density at radius 3 is 2.19 bits per heavy atom. The van der Waals surface area contributed by atoms with Gasteiger partial charge in [-0.05, 0) is 56.8 Å². The van der Waals surface area contributed by atoms with Crippen LogP contribution in [0.1, 0.15) is 54.4 Å². The Kier molecular flexibility index (Phi) is 5.99. The van der Waals surface area contributed by atoms with E-state index in [4.69, 9.17) is 9.47 Å². The summed E-state index contributed by atoms with van der Waals surface area (Å²) in [7, 11) is 2.54. The lowest BCUT2D eigenvalue weighted by Crippen LogP contribution is -2.36. The van der Waals surface area contributed by atoms with Crippen LogP contribution in [0.25, 0.3) is 0 Å². The van der Waals surface area contributed by atoms with Crippen LogP contribution < -0.4 is 9.47 Å². The molecular formula is C20H26F3NO3. The Morgan fingerprint density at radius 2 is 1.67 bits per heavy atom. The number of hydrogen-bond donors (Lipinski definition) is 0. The fourth-order valence-electron chi connectivity index (χ4n) is 4.50. The van der Waals surface area contributed by atoms with Gasteiger partial charge in [-0.3, -0.25) is 4.79 Å². The fourth-order valence-corrected chi connectivity index (χ4v) is 4.50. The molecule has 0 unspecified atom stereocenters. The van der Waals surface area contributed by atoms with Gasteiger partial charge in [0, 0.05) is 12.5 Å². The fraction of sp³-hybridized carbons (Fsp3) is 0.650. The first-order valence-electron chi connectivity index (χ1n) is 9.45. The minimum atomic E-state index is -4.53. The number of Topliss-reactive ketones (excluding diaryl/α,β-unsaturated/α-hetero) is 1. The third-order valence-corrected chi connectivity index (χ3v) is 5.79. The van der Waals surface area contributed by atoms with Gasteiger partial charge in [-0.25, -0.2) is 0 Å². The van der Waals surface area contributed by atoms with Crippen molar-refractivity contribution in [3.05, 3.63) is 23.3 Å². The van der Waals surface area contributed by atoms with Crippen molar-refractivity contribution < 1.29 is 27.4 Å². The number of hydrogen-bond acceptors (Lipinski definition) is 4. The van der Waals surface area contributed by atoms with Gasteiger partial charge in [-0.15, -0.1) is 0 Å². The molecule has 0 amide bonds. The molecule has 0 N–H and O–H groups in total. The van der Waals surface area contributed by atoms with Crippen molar-refractivity contribution in [1.82, 2.24) is 4.90 Å². The lowest BCUT2D eigenvalue weighted by atomic mass is 9.92. The quantitative estimate of drug-likeness (QED) is 0.673. The molecule has 2 aliphatic rings. The number of halogens is 3. The first kappa shape index (κ1) is 20.0. The summed E-state index contributed by atoms with van der Waals surface area (Å²) < 4.78 is 49.6. The number of alkyl halides is 3. The largest absolute Gasteiger partial charge is 0.496 e. The predicted molar refractivity (Wildman–Crippen MR) is 95.4 cm³/mol. The third kappa shape index (κ3) is 4.23. The number of carbonyl (C=O) groups is 1. The van der Waals surface area contributed by atoms with E-state index in [9.17, 15) is 18.0 Å². The number of nitrogens with zero attached hydrogens (tertiary/aromatic N) is 1. The van der Waals surface area contributed by atoms with E-state index in [-0.39, 0.29) is 28.8 Å². The van der Waals surface area contributed by atoms with Crippen LogP contribution in [0.2, 0.25) is 0 Å². The number of ether oxygens (including phenoxy) is 2. The monoisotopic (exact) mass is 385 g/mol. The SMILES string of the molecule is COc1cc(C(F)(F)F)cc(OC)c1C(=O)C[C@H]1CCC[C@H]1N1CCCC1. The van der Waals surface area contributed by atoms with E-state index in [0.717, 1.165) is 44.5 Å². The molecular weight excluding hydrogens is 359 g/mol. The molecule has 2 atom stereocenters. The lowest BCUT2D eigenvalue weighted by molar-refractivity contribution is -0.137. The second-order valence-corrected chi connectivity index (χ2v) is 7.38. The molecule has 1 aliphatic carbocycles. The molecule has 3 rings (SSSR count). The van der Waals surface area contributed by atoms with Crippen LogP contribution in [0.15, 0.2) is 12.1 Å². The number of benzene rings is 1. The molecule has 150 valence electrons. The van der Waals surface area contributed by atoms with Crippen LogP contribution in [-0.2, 0) is 6.18 Å². The summed E-state index contributed by atoms with van der Waals surface area (Å²) in [5.41, 5.74) is -0.774. The molecule has 0 radical (unpaired) electrons. The second kappa shape index (κ2) is 8.09. The zero-order valence-corrected chi connectivity index (χ0v) is 15.8. The van der Waals surface area contributed by atoms with Crippen LogP contribution >= 0.6 is 0 Å². The summed E-state index contributed by atoms with van der Waals surface area (Å²) in [6, 6.07) is 2.15. The molecule has 4 nitrogen and oxygen atoms in total. The number of rotatable bonds is 6. The van der Waals surface area contributed by atoms with Crippen molar-refractivity contribution in [2.75, 3.05) is 27.3 Å². The highest BCUT2D eigenvalue weighted by atomic mass is 19.4. The van der Waals surface area contributed by atoms with Gasteiger partial charge in [0.15, 0.2) is 5.78 Å². The Balaban J connectivity index is 1.85. The van der Waals surface area contributed by atoms with Gasteiger partial charge in [0.2, 0.25) is 0 Å². The van der Waals surface area contributed by atoms with Gasteiger partial charge in [-0.1, -0.05) is 6.42 Å². The number of likely N-dealkylation sites (tertiary alicyclic amines) is 1. The molecule has 1 saturated carbocycles. The highest BCUT2D eigenvalue weighted by Gasteiger charge is 2.37. The molecule has 1 heterocycles. The lowest BCUT2D eigenvalue weighted by Gasteiger charge is -2.29. The maximum atomic E-state index is 13.1. The van der Waals surface area contributed by atoms with Gasteiger partial charge in [0.1, 0.15) is 17.1 Å². The van der Waals surface area contributed by atoms with E-state index >= 15 is 0 Å². The zero-order valence-electron chi connectivity index (χ0n) is 15.8. The first-order valence-corrected chi connectivity index (χ1v) is 9.45.